The first-order valence-electron chi connectivity index (χ1n) is 6.25. The van der Waals surface area contributed by atoms with E-state index < -0.39 is 17.7 Å². The maximum Gasteiger partial charge on any atom is 0.416 e. The van der Waals surface area contributed by atoms with E-state index in [2.05, 4.69) is 26.6 Å². The van der Waals surface area contributed by atoms with Gasteiger partial charge in [0, 0.05) is 16.2 Å². The minimum Gasteiger partial charge on any atom is -0.379 e. The summed E-state index contributed by atoms with van der Waals surface area (Å²) < 4.78 is 43.7. The van der Waals surface area contributed by atoms with Gasteiger partial charge in [0.15, 0.2) is 0 Å². The Bertz CT molecular complexity index is 537. The molecule has 1 amide bonds. The first-order valence-corrected chi connectivity index (χ1v) is 7.04. The quantitative estimate of drug-likeness (QED) is 0.864. The highest BCUT2D eigenvalue weighted by Crippen LogP contribution is 2.33. The molecule has 1 saturated heterocycles. The lowest BCUT2D eigenvalue weighted by atomic mass is 10.0. The average Bonchev–Trinajstić information content (AvgIpc) is 2.85. The molecule has 1 aliphatic rings. The smallest absolute Gasteiger partial charge is 0.379 e. The van der Waals surface area contributed by atoms with Gasteiger partial charge >= 0.3 is 6.18 Å². The van der Waals surface area contributed by atoms with Crippen LogP contribution in [-0.4, -0.2) is 32.2 Å². The molecular weight excluding hydrogens is 353 g/mol. The Hall–Kier alpha value is -1.12. The number of alkyl halides is 3. The third-order valence-corrected chi connectivity index (χ3v) is 3.74. The van der Waals surface area contributed by atoms with E-state index in [1.165, 1.54) is 6.07 Å². The molecule has 116 valence electrons. The molecule has 0 bridgehead atoms. The number of carbonyl (C=O) groups is 1. The number of amides is 1. The minimum atomic E-state index is -4.47. The van der Waals surface area contributed by atoms with Crippen LogP contribution >= 0.6 is 15.9 Å². The molecule has 1 heterocycles. The van der Waals surface area contributed by atoms with Gasteiger partial charge in [0.05, 0.1) is 24.7 Å². The Morgan fingerprint density at radius 3 is 2.67 bits per heavy atom. The predicted molar refractivity (Wildman–Crippen MR) is 74.9 cm³/mol. The molecule has 1 aromatic carbocycles. The molecule has 4 nitrogen and oxygen atoms in total. The van der Waals surface area contributed by atoms with Crippen molar-refractivity contribution in [2.24, 2.45) is 5.92 Å². The molecule has 2 atom stereocenters. The second-order valence-electron chi connectivity index (χ2n) is 4.75. The number of carbonyl (C=O) groups excluding carboxylic acids is 1. The van der Waals surface area contributed by atoms with Crippen molar-refractivity contribution in [3.8, 4) is 0 Å². The molecule has 0 spiro atoms. The summed E-state index contributed by atoms with van der Waals surface area (Å²) in [6.07, 6.45) is -4.47. The number of rotatable bonds is 3. The highest BCUT2D eigenvalue weighted by molar-refractivity contribution is 9.10. The highest BCUT2D eigenvalue weighted by atomic mass is 79.9. The van der Waals surface area contributed by atoms with Crippen LogP contribution in [0.25, 0.3) is 0 Å². The first-order chi connectivity index (χ1) is 9.81. The van der Waals surface area contributed by atoms with Crippen molar-refractivity contribution in [3.63, 3.8) is 0 Å². The second kappa shape index (κ2) is 6.33. The van der Waals surface area contributed by atoms with E-state index in [-0.39, 0.29) is 28.7 Å². The molecule has 2 rings (SSSR count). The van der Waals surface area contributed by atoms with Crippen molar-refractivity contribution in [2.45, 2.75) is 12.2 Å². The van der Waals surface area contributed by atoms with Crippen LogP contribution in [0.4, 0.5) is 18.9 Å². The Kier molecular flexibility index (Phi) is 4.90. The molecule has 0 radical (unpaired) electrons. The molecule has 0 saturated carbocycles. The third kappa shape index (κ3) is 3.96. The Morgan fingerprint density at radius 1 is 1.33 bits per heavy atom. The summed E-state index contributed by atoms with van der Waals surface area (Å²) >= 11 is 3.02. The largest absolute Gasteiger partial charge is 0.416 e. The topological polar surface area (TPSA) is 50.4 Å². The molecule has 0 aliphatic carbocycles. The number of benzene rings is 1. The van der Waals surface area contributed by atoms with Crippen molar-refractivity contribution < 1.29 is 22.7 Å². The van der Waals surface area contributed by atoms with Gasteiger partial charge in [0.25, 0.3) is 0 Å². The van der Waals surface area contributed by atoms with Gasteiger partial charge in [-0.05, 0) is 25.2 Å². The zero-order chi connectivity index (χ0) is 15.6. The Labute approximate surface area is 128 Å². The van der Waals surface area contributed by atoms with Crippen LogP contribution in [0.3, 0.4) is 0 Å². The zero-order valence-electron chi connectivity index (χ0n) is 11.1. The normalized spacial score (nSPS) is 22.3. The summed E-state index contributed by atoms with van der Waals surface area (Å²) in [7, 11) is 1.71. The molecule has 0 aromatic heterocycles. The van der Waals surface area contributed by atoms with Gasteiger partial charge in [-0.1, -0.05) is 15.9 Å². The van der Waals surface area contributed by atoms with E-state index >= 15 is 0 Å². The van der Waals surface area contributed by atoms with Crippen LogP contribution in [-0.2, 0) is 15.7 Å². The maximum absolute atomic E-state index is 12.7. The van der Waals surface area contributed by atoms with Gasteiger partial charge in [0.1, 0.15) is 0 Å². The zero-order valence-corrected chi connectivity index (χ0v) is 12.7. The SMILES string of the molecule is CNC1COCC1C(=O)Nc1cc(Br)cc(C(F)(F)F)c1. The molecule has 2 unspecified atom stereocenters. The lowest BCUT2D eigenvalue weighted by Gasteiger charge is -2.17. The third-order valence-electron chi connectivity index (χ3n) is 3.28. The van der Waals surface area contributed by atoms with Gasteiger partial charge in [-0.25, -0.2) is 0 Å². The van der Waals surface area contributed by atoms with Gasteiger partial charge in [-0.2, -0.15) is 13.2 Å². The van der Waals surface area contributed by atoms with Crippen molar-refractivity contribution in [3.05, 3.63) is 28.2 Å². The van der Waals surface area contributed by atoms with Crippen molar-refractivity contribution >= 4 is 27.5 Å². The van der Waals surface area contributed by atoms with Crippen LogP contribution < -0.4 is 10.6 Å². The van der Waals surface area contributed by atoms with Crippen LogP contribution in [0.5, 0.6) is 0 Å². The highest BCUT2D eigenvalue weighted by Gasteiger charge is 2.34. The number of anilines is 1. The van der Waals surface area contributed by atoms with Crippen molar-refractivity contribution in [1.82, 2.24) is 5.32 Å². The Morgan fingerprint density at radius 2 is 2.05 bits per heavy atom. The number of nitrogens with one attached hydrogen (secondary N) is 2. The van der Waals surface area contributed by atoms with E-state index in [0.29, 0.717) is 6.61 Å². The molecule has 1 fully saturated rings. The van der Waals surface area contributed by atoms with Gasteiger partial charge in [0.2, 0.25) is 5.91 Å². The molecule has 1 aliphatic heterocycles. The van der Waals surface area contributed by atoms with E-state index in [0.717, 1.165) is 12.1 Å². The van der Waals surface area contributed by atoms with Crippen LogP contribution in [0, 0.1) is 5.92 Å². The van der Waals surface area contributed by atoms with E-state index in [1.807, 2.05) is 0 Å². The summed E-state index contributed by atoms with van der Waals surface area (Å²) in [6, 6.07) is 3.16. The minimum absolute atomic E-state index is 0.100. The Balaban J connectivity index is 2.16. The molecule has 8 heteroatoms. The summed E-state index contributed by atoms with van der Waals surface area (Å²) in [4.78, 5) is 12.1. The summed E-state index contributed by atoms with van der Waals surface area (Å²) in [5.41, 5.74) is -0.719. The van der Waals surface area contributed by atoms with E-state index in [9.17, 15) is 18.0 Å². The monoisotopic (exact) mass is 366 g/mol. The number of halogens is 4. The average molecular weight is 367 g/mol. The molecular formula is C13H14BrF3N2O2. The standard InChI is InChI=1S/C13H14BrF3N2O2/c1-18-11-6-21-5-10(11)12(20)19-9-3-7(13(15,16)17)2-8(14)4-9/h2-4,10-11,18H,5-6H2,1H3,(H,19,20). The fraction of sp³-hybridized carbons (Fsp3) is 0.462. The fourth-order valence-electron chi connectivity index (χ4n) is 2.16. The van der Waals surface area contributed by atoms with Gasteiger partial charge < -0.3 is 15.4 Å². The number of ether oxygens (including phenoxy) is 1. The summed E-state index contributed by atoms with van der Waals surface area (Å²) in [6.45, 7) is 0.651. The van der Waals surface area contributed by atoms with E-state index in [1.54, 1.807) is 7.05 Å². The van der Waals surface area contributed by atoms with Crippen molar-refractivity contribution in [2.75, 3.05) is 25.6 Å². The van der Waals surface area contributed by atoms with E-state index in [4.69, 9.17) is 4.74 Å². The number of hydrogen-bond acceptors (Lipinski definition) is 3. The number of hydrogen-bond donors (Lipinski definition) is 2. The van der Waals surface area contributed by atoms with Gasteiger partial charge in [-0.15, -0.1) is 0 Å². The number of likely N-dealkylation sites (N-methyl/N-ethyl adjacent to an activating group) is 1. The van der Waals surface area contributed by atoms with Crippen molar-refractivity contribution in [1.29, 1.82) is 0 Å². The summed E-state index contributed by atoms with van der Waals surface area (Å²) in [5.74, 6) is -0.790. The lowest BCUT2D eigenvalue weighted by Crippen LogP contribution is -2.39. The molecule has 21 heavy (non-hydrogen) atoms. The lowest BCUT2D eigenvalue weighted by molar-refractivity contribution is -0.137. The molecule has 1 aromatic rings. The summed E-state index contributed by atoms with van der Waals surface area (Å²) in [5, 5.41) is 5.47. The first kappa shape index (κ1) is 16.3. The maximum atomic E-state index is 12.7. The second-order valence-corrected chi connectivity index (χ2v) is 5.67. The van der Waals surface area contributed by atoms with Crippen LogP contribution in [0.15, 0.2) is 22.7 Å². The van der Waals surface area contributed by atoms with Crippen LogP contribution in [0.2, 0.25) is 0 Å². The molecule has 2 N–H and O–H groups in total. The predicted octanol–water partition coefficient (Wildman–Crippen LogP) is 2.64. The van der Waals surface area contributed by atoms with Gasteiger partial charge in [-0.3, -0.25) is 4.79 Å². The van der Waals surface area contributed by atoms with Crippen LogP contribution in [0.1, 0.15) is 5.56 Å². The fourth-order valence-corrected chi connectivity index (χ4v) is 2.65.